The van der Waals surface area contributed by atoms with Gasteiger partial charge in [-0.05, 0) is 55.0 Å². The summed E-state index contributed by atoms with van der Waals surface area (Å²) in [5.41, 5.74) is 0.506. The van der Waals surface area contributed by atoms with Gasteiger partial charge in [-0.3, -0.25) is 0 Å². The normalized spacial score (nSPS) is 12.1. The van der Waals surface area contributed by atoms with Gasteiger partial charge in [0.05, 0.1) is 0 Å². The van der Waals surface area contributed by atoms with E-state index >= 15 is 0 Å². The Kier molecular flexibility index (Phi) is 11.9. The number of hydrogen-bond donors (Lipinski definition) is 0. The number of carbonyl (C=O) groups is 2. The Morgan fingerprint density at radius 1 is 0.551 bits per heavy atom. The Morgan fingerprint density at radius 3 is 1.43 bits per heavy atom. The summed E-state index contributed by atoms with van der Waals surface area (Å²) in [6.07, 6.45) is -1.56. The van der Waals surface area contributed by atoms with Crippen LogP contribution in [0.5, 0.6) is 23.0 Å². The summed E-state index contributed by atoms with van der Waals surface area (Å²) in [4.78, 5) is 25.1. The number of esters is 2. The highest BCUT2D eigenvalue weighted by Gasteiger charge is 2.22. The van der Waals surface area contributed by atoms with Gasteiger partial charge in [-0.25, -0.2) is 9.59 Å². The standard InChI is InChI=1S/C40H37BrO8/c1-26(2)39(42)48-31(22-44-35-17-9-13-28-11-5-7-15-33(28)35)24-46-37-20-19-30(41)21-38(37)47-25-32(49-40(43)27(3)4)23-45-36-18-10-14-29-12-6-8-16-34(29)36/h5-21,31-32H,1,3,22-25H2,2,4H3. The van der Waals surface area contributed by atoms with Crippen molar-refractivity contribution in [2.75, 3.05) is 26.4 Å². The van der Waals surface area contributed by atoms with Gasteiger partial charge in [0.25, 0.3) is 0 Å². The molecule has 252 valence electrons. The first-order chi connectivity index (χ1) is 23.7. The number of carbonyl (C=O) groups excluding carboxylic acids is 2. The summed E-state index contributed by atoms with van der Waals surface area (Å²) in [6, 6.07) is 32.5. The third-order valence-corrected chi connectivity index (χ3v) is 7.84. The molecule has 8 nitrogen and oxygen atoms in total. The molecule has 2 unspecified atom stereocenters. The molecule has 0 aliphatic heterocycles. The van der Waals surface area contributed by atoms with Gasteiger partial charge in [0.2, 0.25) is 0 Å². The van der Waals surface area contributed by atoms with Crippen LogP contribution in [0.2, 0.25) is 0 Å². The molecule has 0 saturated carbocycles. The molecule has 0 N–H and O–H groups in total. The molecular formula is C40H37BrO8. The molecule has 5 aromatic carbocycles. The number of rotatable bonds is 16. The van der Waals surface area contributed by atoms with E-state index in [-0.39, 0.29) is 37.6 Å². The molecule has 0 aliphatic carbocycles. The summed E-state index contributed by atoms with van der Waals surface area (Å²) < 4.78 is 36.7. The van der Waals surface area contributed by atoms with E-state index in [0.717, 1.165) is 26.0 Å². The summed E-state index contributed by atoms with van der Waals surface area (Å²) >= 11 is 3.49. The highest BCUT2D eigenvalue weighted by Crippen LogP contribution is 2.32. The minimum atomic E-state index is -0.784. The van der Waals surface area contributed by atoms with E-state index < -0.39 is 24.1 Å². The van der Waals surface area contributed by atoms with Crippen LogP contribution in [-0.4, -0.2) is 50.6 Å². The molecular weight excluding hydrogens is 688 g/mol. The van der Waals surface area contributed by atoms with Gasteiger partial charge in [-0.15, -0.1) is 0 Å². The lowest BCUT2D eigenvalue weighted by Gasteiger charge is -2.22. The van der Waals surface area contributed by atoms with Crippen molar-refractivity contribution in [2.24, 2.45) is 0 Å². The maximum absolute atomic E-state index is 12.5. The topological polar surface area (TPSA) is 89.5 Å². The molecule has 0 aromatic heterocycles. The zero-order valence-electron chi connectivity index (χ0n) is 27.4. The van der Waals surface area contributed by atoms with E-state index in [1.54, 1.807) is 32.0 Å². The minimum absolute atomic E-state index is 0.0294. The fourth-order valence-electron chi connectivity index (χ4n) is 4.82. The van der Waals surface area contributed by atoms with Crippen LogP contribution in [0.3, 0.4) is 0 Å². The van der Waals surface area contributed by atoms with E-state index in [2.05, 4.69) is 29.1 Å². The number of benzene rings is 5. The van der Waals surface area contributed by atoms with Crippen molar-refractivity contribution in [1.29, 1.82) is 0 Å². The molecule has 0 saturated heterocycles. The van der Waals surface area contributed by atoms with E-state index in [1.807, 2.05) is 84.9 Å². The molecule has 5 aromatic rings. The Morgan fingerprint density at radius 2 is 0.959 bits per heavy atom. The van der Waals surface area contributed by atoms with Crippen molar-refractivity contribution in [1.82, 2.24) is 0 Å². The summed E-state index contributed by atoms with van der Waals surface area (Å²) in [6.45, 7) is 10.5. The van der Waals surface area contributed by atoms with Crippen molar-refractivity contribution >= 4 is 49.4 Å². The molecule has 9 heteroatoms. The summed E-state index contributed by atoms with van der Waals surface area (Å²) in [7, 11) is 0. The van der Waals surface area contributed by atoms with E-state index in [9.17, 15) is 9.59 Å². The fraction of sp³-hybridized carbons (Fsp3) is 0.200. The van der Waals surface area contributed by atoms with Crippen LogP contribution in [0.1, 0.15) is 13.8 Å². The summed E-state index contributed by atoms with van der Waals surface area (Å²) in [5, 5.41) is 3.92. The largest absolute Gasteiger partial charge is 0.489 e. The Balaban J connectivity index is 1.29. The SMILES string of the molecule is C=C(C)C(=O)OC(COc1ccc(Br)cc1OCC(COc1cccc2ccccc12)OC(=O)C(=C)C)COc1cccc2ccccc12. The van der Waals surface area contributed by atoms with Crippen LogP contribution >= 0.6 is 15.9 Å². The zero-order chi connectivity index (χ0) is 34.8. The summed E-state index contributed by atoms with van der Waals surface area (Å²) in [5.74, 6) is 0.940. The van der Waals surface area contributed by atoms with Crippen molar-refractivity contribution in [3.05, 3.63) is 132 Å². The second kappa shape index (κ2) is 16.7. The van der Waals surface area contributed by atoms with E-state index in [1.165, 1.54) is 0 Å². The quantitative estimate of drug-likeness (QED) is 0.0738. The van der Waals surface area contributed by atoms with Crippen LogP contribution in [0.4, 0.5) is 0 Å². The van der Waals surface area contributed by atoms with Crippen molar-refractivity contribution in [3.63, 3.8) is 0 Å². The molecule has 0 radical (unpaired) electrons. The van der Waals surface area contributed by atoms with E-state index in [0.29, 0.717) is 23.0 Å². The van der Waals surface area contributed by atoms with Crippen molar-refractivity contribution in [2.45, 2.75) is 26.1 Å². The minimum Gasteiger partial charge on any atom is -0.489 e. The van der Waals surface area contributed by atoms with Gasteiger partial charge >= 0.3 is 11.9 Å². The molecule has 0 amide bonds. The van der Waals surface area contributed by atoms with Gasteiger partial charge in [0, 0.05) is 26.4 Å². The average Bonchev–Trinajstić information content (AvgIpc) is 3.10. The smallest absolute Gasteiger partial charge is 0.333 e. The molecule has 49 heavy (non-hydrogen) atoms. The van der Waals surface area contributed by atoms with Gasteiger partial charge in [0.1, 0.15) is 37.9 Å². The lowest BCUT2D eigenvalue weighted by Crippen LogP contribution is -2.32. The fourth-order valence-corrected chi connectivity index (χ4v) is 5.16. The number of ether oxygens (including phenoxy) is 6. The van der Waals surface area contributed by atoms with Gasteiger partial charge in [-0.2, -0.15) is 0 Å². The van der Waals surface area contributed by atoms with Crippen LogP contribution in [-0.2, 0) is 19.1 Å². The molecule has 0 spiro atoms. The maximum Gasteiger partial charge on any atom is 0.333 e. The highest BCUT2D eigenvalue weighted by atomic mass is 79.9. The van der Waals surface area contributed by atoms with Crippen LogP contribution in [0.25, 0.3) is 21.5 Å². The average molecular weight is 726 g/mol. The Hall–Kier alpha value is -5.28. The molecule has 0 heterocycles. The second-order valence-corrected chi connectivity index (χ2v) is 12.3. The number of halogens is 1. The highest BCUT2D eigenvalue weighted by molar-refractivity contribution is 9.10. The van der Waals surface area contributed by atoms with Crippen molar-refractivity contribution in [3.8, 4) is 23.0 Å². The number of hydrogen-bond acceptors (Lipinski definition) is 8. The van der Waals surface area contributed by atoms with Crippen LogP contribution < -0.4 is 18.9 Å². The van der Waals surface area contributed by atoms with Gasteiger partial charge in [-0.1, -0.05) is 102 Å². The molecule has 0 bridgehead atoms. The van der Waals surface area contributed by atoms with Crippen LogP contribution in [0.15, 0.2) is 132 Å². The Labute approximate surface area is 294 Å². The molecule has 2 atom stereocenters. The number of fused-ring (bicyclic) bond motifs is 2. The molecule has 0 aliphatic rings. The van der Waals surface area contributed by atoms with Crippen LogP contribution in [0, 0.1) is 0 Å². The Bertz CT molecular complexity index is 1960. The second-order valence-electron chi connectivity index (χ2n) is 11.4. The first-order valence-electron chi connectivity index (χ1n) is 15.7. The first-order valence-corrected chi connectivity index (χ1v) is 16.5. The molecule has 5 rings (SSSR count). The molecule has 0 fully saturated rings. The zero-order valence-corrected chi connectivity index (χ0v) is 28.9. The third-order valence-electron chi connectivity index (χ3n) is 7.35. The maximum atomic E-state index is 12.5. The lowest BCUT2D eigenvalue weighted by molar-refractivity contribution is -0.148. The predicted octanol–water partition coefficient (Wildman–Crippen LogP) is 8.65. The van der Waals surface area contributed by atoms with E-state index in [4.69, 9.17) is 28.4 Å². The lowest BCUT2D eigenvalue weighted by atomic mass is 10.1. The van der Waals surface area contributed by atoms with Crippen molar-refractivity contribution < 1.29 is 38.0 Å². The monoisotopic (exact) mass is 724 g/mol. The third kappa shape index (κ3) is 9.64. The predicted molar refractivity (Wildman–Crippen MR) is 193 cm³/mol. The van der Waals surface area contributed by atoms with Gasteiger partial charge < -0.3 is 28.4 Å². The van der Waals surface area contributed by atoms with Gasteiger partial charge in [0.15, 0.2) is 23.7 Å². The first kappa shape index (κ1) is 35.0.